The van der Waals surface area contributed by atoms with E-state index < -0.39 is 5.97 Å². The number of hydrogen-bond donors (Lipinski definition) is 0. The van der Waals surface area contributed by atoms with Crippen molar-refractivity contribution in [1.82, 2.24) is 0 Å². The van der Waals surface area contributed by atoms with E-state index in [1.165, 1.54) is 0 Å². The Labute approximate surface area is 95.0 Å². The Morgan fingerprint density at radius 2 is 1.94 bits per heavy atom. The lowest BCUT2D eigenvalue weighted by atomic mass is 10.2. The minimum atomic E-state index is -0.424. The summed E-state index contributed by atoms with van der Waals surface area (Å²) < 4.78 is 10.2. The van der Waals surface area contributed by atoms with Crippen LogP contribution in [0.5, 0.6) is 5.75 Å². The van der Waals surface area contributed by atoms with Gasteiger partial charge >= 0.3 is 5.97 Å². The number of rotatable bonds is 6. The van der Waals surface area contributed by atoms with Crippen LogP contribution in [0.15, 0.2) is 49.6 Å². The van der Waals surface area contributed by atoms with E-state index in [1.54, 1.807) is 6.08 Å². The first-order valence-electron chi connectivity index (χ1n) is 4.88. The minimum Gasteiger partial charge on any atom is -0.490 e. The molecule has 0 aliphatic heterocycles. The standard InChI is InChI=1S/C13H14O3/c1-3-9-15-12-7-5-11(6-8-12)10-16-13(14)4-2/h3-8H,1-2,9-10H2. The highest BCUT2D eigenvalue weighted by atomic mass is 16.5. The van der Waals surface area contributed by atoms with Gasteiger partial charge in [-0.3, -0.25) is 0 Å². The predicted octanol–water partition coefficient (Wildman–Crippen LogP) is 2.48. The van der Waals surface area contributed by atoms with Crippen molar-refractivity contribution in [1.29, 1.82) is 0 Å². The molecule has 0 saturated carbocycles. The van der Waals surface area contributed by atoms with Gasteiger partial charge in [-0.1, -0.05) is 31.4 Å². The molecule has 0 amide bonds. The molecule has 0 saturated heterocycles. The van der Waals surface area contributed by atoms with Crippen molar-refractivity contribution in [2.75, 3.05) is 6.61 Å². The van der Waals surface area contributed by atoms with Gasteiger partial charge in [0.15, 0.2) is 0 Å². The summed E-state index contributed by atoms with van der Waals surface area (Å²) in [6.07, 6.45) is 2.82. The van der Waals surface area contributed by atoms with E-state index in [9.17, 15) is 4.79 Å². The van der Waals surface area contributed by atoms with E-state index in [1.807, 2.05) is 24.3 Å². The molecule has 0 unspecified atom stereocenters. The summed E-state index contributed by atoms with van der Waals surface area (Å²) in [6.45, 7) is 7.60. The van der Waals surface area contributed by atoms with Crippen molar-refractivity contribution in [2.45, 2.75) is 6.61 Å². The monoisotopic (exact) mass is 218 g/mol. The zero-order chi connectivity index (χ0) is 11.8. The third-order valence-corrected chi connectivity index (χ3v) is 1.84. The zero-order valence-corrected chi connectivity index (χ0v) is 9.02. The topological polar surface area (TPSA) is 35.5 Å². The lowest BCUT2D eigenvalue weighted by Crippen LogP contribution is -2.00. The van der Waals surface area contributed by atoms with Crippen molar-refractivity contribution >= 4 is 5.97 Å². The minimum absolute atomic E-state index is 0.243. The molecule has 0 aromatic heterocycles. The van der Waals surface area contributed by atoms with Gasteiger partial charge < -0.3 is 9.47 Å². The second-order valence-electron chi connectivity index (χ2n) is 3.06. The van der Waals surface area contributed by atoms with Gasteiger partial charge in [-0.2, -0.15) is 0 Å². The molecule has 0 fully saturated rings. The predicted molar refractivity (Wildman–Crippen MR) is 62.1 cm³/mol. The fraction of sp³-hybridized carbons (Fsp3) is 0.154. The van der Waals surface area contributed by atoms with Gasteiger partial charge in [0.2, 0.25) is 0 Å². The Morgan fingerprint density at radius 1 is 1.25 bits per heavy atom. The molecule has 0 aliphatic rings. The number of ether oxygens (including phenoxy) is 2. The summed E-state index contributed by atoms with van der Waals surface area (Å²) in [5.41, 5.74) is 0.904. The molecule has 1 rings (SSSR count). The maximum Gasteiger partial charge on any atom is 0.330 e. The maximum atomic E-state index is 10.8. The largest absolute Gasteiger partial charge is 0.490 e. The van der Waals surface area contributed by atoms with Crippen molar-refractivity contribution in [2.24, 2.45) is 0 Å². The molecule has 0 aliphatic carbocycles. The zero-order valence-electron chi connectivity index (χ0n) is 9.02. The van der Waals surface area contributed by atoms with Crippen LogP contribution in [-0.4, -0.2) is 12.6 Å². The van der Waals surface area contributed by atoms with Crippen molar-refractivity contribution < 1.29 is 14.3 Å². The van der Waals surface area contributed by atoms with E-state index in [-0.39, 0.29) is 6.61 Å². The first-order chi connectivity index (χ1) is 7.76. The van der Waals surface area contributed by atoms with Crippen LogP contribution >= 0.6 is 0 Å². The fourth-order valence-corrected chi connectivity index (χ4v) is 1.05. The number of carbonyl (C=O) groups is 1. The second-order valence-corrected chi connectivity index (χ2v) is 3.06. The summed E-state index contributed by atoms with van der Waals surface area (Å²) in [5.74, 6) is 0.339. The Morgan fingerprint density at radius 3 is 2.50 bits per heavy atom. The Hall–Kier alpha value is -2.03. The van der Waals surface area contributed by atoms with Gasteiger partial charge in [0.05, 0.1) is 0 Å². The third kappa shape index (κ3) is 4.00. The average Bonchev–Trinajstić information content (AvgIpc) is 2.34. The normalized spacial score (nSPS) is 9.25. The third-order valence-electron chi connectivity index (χ3n) is 1.84. The van der Waals surface area contributed by atoms with Crippen LogP contribution in [0.1, 0.15) is 5.56 Å². The SMILES string of the molecule is C=CCOc1ccc(COC(=O)C=C)cc1. The van der Waals surface area contributed by atoms with Gasteiger partial charge in [0.25, 0.3) is 0 Å². The highest BCUT2D eigenvalue weighted by Crippen LogP contribution is 2.12. The van der Waals surface area contributed by atoms with Crippen molar-refractivity contribution in [3.8, 4) is 5.75 Å². The summed E-state index contributed by atoms with van der Waals surface area (Å²) in [7, 11) is 0. The van der Waals surface area contributed by atoms with Gasteiger partial charge in [0, 0.05) is 6.08 Å². The molecule has 0 atom stereocenters. The van der Waals surface area contributed by atoms with Gasteiger partial charge in [-0.15, -0.1) is 0 Å². The smallest absolute Gasteiger partial charge is 0.330 e. The summed E-state index contributed by atoms with van der Waals surface area (Å²) in [6, 6.07) is 7.32. The molecule has 0 N–H and O–H groups in total. The highest BCUT2D eigenvalue weighted by molar-refractivity contribution is 5.81. The Balaban J connectivity index is 2.47. The molecular formula is C13H14O3. The van der Waals surface area contributed by atoms with Gasteiger partial charge in [-0.05, 0) is 17.7 Å². The average molecular weight is 218 g/mol. The van der Waals surface area contributed by atoms with Crippen LogP contribution in [-0.2, 0) is 16.1 Å². The maximum absolute atomic E-state index is 10.8. The number of esters is 1. The summed E-state index contributed by atoms with van der Waals surface area (Å²) in [4.78, 5) is 10.8. The van der Waals surface area contributed by atoms with Gasteiger partial charge in [-0.25, -0.2) is 4.79 Å². The Kier molecular flexibility index (Phi) is 4.86. The summed E-state index contributed by atoms with van der Waals surface area (Å²) >= 11 is 0. The first kappa shape index (κ1) is 12.0. The van der Waals surface area contributed by atoms with Crippen LogP contribution in [0.2, 0.25) is 0 Å². The molecule has 0 radical (unpaired) electrons. The van der Waals surface area contributed by atoms with Gasteiger partial charge in [0.1, 0.15) is 19.0 Å². The fourth-order valence-electron chi connectivity index (χ4n) is 1.05. The van der Waals surface area contributed by atoms with Crippen molar-refractivity contribution in [3.05, 3.63) is 55.1 Å². The van der Waals surface area contributed by atoms with Crippen molar-refractivity contribution in [3.63, 3.8) is 0 Å². The molecule has 0 heterocycles. The first-order valence-corrected chi connectivity index (χ1v) is 4.88. The highest BCUT2D eigenvalue weighted by Gasteiger charge is 1.98. The quantitative estimate of drug-likeness (QED) is 0.418. The molecule has 84 valence electrons. The summed E-state index contributed by atoms with van der Waals surface area (Å²) in [5, 5.41) is 0. The number of hydrogen-bond acceptors (Lipinski definition) is 3. The molecule has 16 heavy (non-hydrogen) atoms. The second kappa shape index (κ2) is 6.45. The van der Waals surface area contributed by atoms with E-state index in [0.29, 0.717) is 6.61 Å². The molecule has 1 aromatic rings. The number of benzene rings is 1. The number of carbonyl (C=O) groups excluding carboxylic acids is 1. The Bertz CT molecular complexity index is 365. The van der Waals surface area contributed by atoms with E-state index >= 15 is 0 Å². The molecule has 3 heteroatoms. The van der Waals surface area contributed by atoms with Crippen LogP contribution in [0, 0.1) is 0 Å². The molecule has 0 spiro atoms. The van der Waals surface area contributed by atoms with E-state index in [4.69, 9.17) is 9.47 Å². The van der Waals surface area contributed by atoms with E-state index in [0.717, 1.165) is 17.4 Å². The van der Waals surface area contributed by atoms with E-state index in [2.05, 4.69) is 13.2 Å². The van der Waals surface area contributed by atoms with Crippen LogP contribution < -0.4 is 4.74 Å². The molecule has 0 bridgehead atoms. The van der Waals surface area contributed by atoms with Crippen LogP contribution in [0.3, 0.4) is 0 Å². The molecule has 1 aromatic carbocycles. The lowest BCUT2D eigenvalue weighted by Gasteiger charge is -2.05. The van der Waals surface area contributed by atoms with Crippen LogP contribution in [0.4, 0.5) is 0 Å². The molecule has 3 nitrogen and oxygen atoms in total. The van der Waals surface area contributed by atoms with Crippen LogP contribution in [0.25, 0.3) is 0 Å². The lowest BCUT2D eigenvalue weighted by molar-refractivity contribution is -0.138. The molecular weight excluding hydrogens is 204 g/mol.